The van der Waals surface area contributed by atoms with Crippen molar-refractivity contribution in [2.45, 2.75) is 39.3 Å². The number of alkyl halides is 2. The number of carbonyl (C=O) groups excluding carboxylic acids is 2. The van der Waals surface area contributed by atoms with Gasteiger partial charge in [-0.2, -0.15) is 8.78 Å². The number of rotatable bonds is 7. The van der Waals surface area contributed by atoms with Gasteiger partial charge in [0.05, 0.1) is 11.9 Å². The van der Waals surface area contributed by atoms with Crippen molar-refractivity contribution in [3.05, 3.63) is 59.3 Å². The van der Waals surface area contributed by atoms with Gasteiger partial charge in [-0.05, 0) is 68.8 Å². The lowest BCUT2D eigenvalue weighted by Gasteiger charge is -2.21. The molecule has 0 bridgehead atoms. The number of phenolic OH excluding ortho intramolecular Hbond substituents is 1. The minimum atomic E-state index is -2.99. The maximum absolute atomic E-state index is 13.3. The van der Waals surface area contributed by atoms with Gasteiger partial charge >= 0.3 is 12.6 Å². The molecule has 0 aliphatic rings. The van der Waals surface area contributed by atoms with Gasteiger partial charge in [0, 0.05) is 16.6 Å². The fourth-order valence-electron chi connectivity index (χ4n) is 3.47. The van der Waals surface area contributed by atoms with Gasteiger partial charge in [0.25, 0.3) is 5.91 Å². The molecule has 0 spiro atoms. The average Bonchev–Trinajstić information content (AvgIpc) is 2.98. The number of halogens is 2. The number of hydrogen-bond acceptors (Lipinski definition) is 5. The van der Waals surface area contributed by atoms with Crippen LogP contribution in [0.5, 0.6) is 11.5 Å². The lowest BCUT2D eigenvalue weighted by Crippen LogP contribution is -2.50. The second-order valence-electron chi connectivity index (χ2n) is 7.96. The molecule has 8 nitrogen and oxygen atoms in total. The van der Waals surface area contributed by atoms with Crippen molar-refractivity contribution >= 4 is 28.7 Å². The Bertz CT molecular complexity index is 1230. The van der Waals surface area contributed by atoms with Crippen LogP contribution in [0.1, 0.15) is 35.5 Å². The summed E-state index contributed by atoms with van der Waals surface area (Å²) in [6.45, 7) is 1.32. The number of carboxylic acids is 1. The van der Waals surface area contributed by atoms with Crippen LogP contribution < -0.4 is 10.1 Å². The topological polar surface area (TPSA) is 118 Å². The smallest absolute Gasteiger partial charge is 0.387 e. The Kier molecular flexibility index (Phi) is 6.39. The van der Waals surface area contributed by atoms with E-state index in [1.807, 2.05) is 0 Å². The Morgan fingerprint density at radius 1 is 1.12 bits per heavy atom. The largest absolute Gasteiger partial charge is 0.508 e. The molecule has 0 atom stereocenters. The first kappa shape index (κ1) is 23.7. The third-order valence-electron chi connectivity index (χ3n) is 5.17. The van der Waals surface area contributed by atoms with Crippen LogP contribution >= 0.6 is 0 Å². The lowest BCUT2D eigenvalue weighted by molar-refractivity contribution is -0.145. The number of aliphatic carboxylic acids is 1. The molecule has 0 unspecified atom stereocenters. The third-order valence-corrected chi connectivity index (χ3v) is 5.17. The van der Waals surface area contributed by atoms with Crippen molar-refractivity contribution in [2.75, 3.05) is 0 Å². The number of benzene rings is 2. The second kappa shape index (κ2) is 8.89. The molecule has 0 fully saturated rings. The summed E-state index contributed by atoms with van der Waals surface area (Å²) in [7, 11) is 0. The summed E-state index contributed by atoms with van der Waals surface area (Å²) in [5.41, 5.74) is -0.0396. The summed E-state index contributed by atoms with van der Waals surface area (Å²) >= 11 is 0. The molecule has 1 heterocycles. The van der Waals surface area contributed by atoms with Gasteiger partial charge in [0.15, 0.2) is 0 Å². The van der Waals surface area contributed by atoms with Gasteiger partial charge in [-0.3, -0.25) is 14.2 Å². The zero-order chi connectivity index (χ0) is 24.5. The molecule has 3 aromatic rings. The Morgan fingerprint density at radius 2 is 1.76 bits per heavy atom. The monoisotopic (exact) mass is 460 g/mol. The van der Waals surface area contributed by atoms with Crippen LogP contribution in [0.2, 0.25) is 0 Å². The number of nitrogens with one attached hydrogen (secondary N) is 1. The highest BCUT2D eigenvalue weighted by Crippen LogP contribution is 2.30. The van der Waals surface area contributed by atoms with E-state index in [2.05, 4.69) is 10.1 Å². The first-order valence-corrected chi connectivity index (χ1v) is 9.87. The molecule has 0 aliphatic heterocycles. The summed E-state index contributed by atoms with van der Waals surface area (Å²) < 4.78 is 30.4. The summed E-state index contributed by atoms with van der Waals surface area (Å²) in [6, 6.07) is 9.50. The predicted molar refractivity (Wildman–Crippen MR) is 115 cm³/mol. The minimum absolute atomic E-state index is 0.0758. The molecule has 1 amide bonds. The maximum atomic E-state index is 13.3. The van der Waals surface area contributed by atoms with Gasteiger partial charge in [-0.1, -0.05) is 0 Å². The quantitative estimate of drug-likeness (QED) is 0.497. The van der Waals surface area contributed by atoms with E-state index in [0.29, 0.717) is 22.2 Å². The van der Waals surface area contributed by atoms with E-state index in [9.17, 15) is 33.4 Å². The Morgan fingerprint density at radius 3 is 2.33 bits per heavy atom. The van der Waals surface area contributed by atoms with E-state index < -0.39 is 29.9 Å². The number of phenols is 1. The highest BCUT2D eigenvalue weighted by atomic mass is 19.3. The number of aromatic hydroxyl groups is 1. The number of carboxylic acid groups (broad SMARTS) is 1. The highest BCUT2D eigenvalue weighted by Gasteiger charge is 2.30. The van der Waals surface area contributed by atoms with Crippen LogP contribution in [0.25, 0.3) is 10.9 Å². The molecule has 0 aliphatic carbocycles. The van der Waals surface area contributed by atoms with Gasteiger partial charge in [-0.15, -0.1) is 0 Å². The summed E-state index contributed by atoms with van der Waals surface area (Å²) in [5, 5.41) is 22.1. The molecule has 0 radical (unpaired) electrons. The van der Waals surface area contributed by atoms with Gasteiger partial charge in [0.1, 0.15) is 17.0 Å². The molecule has 0 saturated heterocycles. The number of fused-ring (bicyclic) bond motifs is 1. The standard InChI is InChI=1S/C23H22F2N2O6/c1-12-16(11-19(29)26-23(2,3)21(31)32)17-10-14(28)6-9-18(17)27(12)20(30)13-4-7-15(8-5-13)33-22(24)25/h4-10,22,28H,11H2,1-3H3,(H,26,29)(H,31,32). The van der Waals surface area contributed by atoms with Crippen molar-refractivity contribution < 1.29 is 38.1 Å². The van der Waals surface area contributed by atoms with E-state index in [-0.39, 0.29) is 23.5 Å². The first-order valence-electron chi connectivity index (χ1n) is 9.87. The highest BCUT2D eigenvalue weighted by molar-refractivity contribution is 6.05. The fraction of sp³-hybridized carbons (Fsp3) is 0.261. The van der Waals surface area contributed by atoms with Crippen molar-refractivity contribution in [3.63, 3.8) is 0 Å². The number of amides is 1. The average molecular weight is 460 g/mol. The SMILES string of the molecule is Cc1c(CC(=O)NC(C)(C)C(=O)O)c2cc(O)ccc2n1C(=O)c1ccc(OC(F)F)cc1. The fourth-order valence-corrected chi connectivity index (χ4v) is 3.47. The van der Waals surface area contributed by atoms with Crippen LogP contribution in [0.3, 0.4) is 0 Å². The normalized spacial score (nSPS) is 11.6. The van der Waals surface area contributed by atoms with E-state index in [1.54, 1.807) is 6.92 Å². The van der Waals surface area contributed by atoms with E-state index in [4.69, 9.17) is 0 Å². The number of nitrogens with zero attached hydrogens (tertiary/aromatic N) is 1. The molecule has 2 aromatic carbocycles. The molecule has 10 heteroatoms. The van der Waals surface area contributed by atoms with Crippen LogP contribution in [0.15, 0.2) is 42.5 Å². The number of carbonyl (C=O) groups is 3. The Labute approximate surface area is 187 Å². The molecule has 33 heavy (non-hydrogen) atoms. The third kappa shape index (κ3) is 4.94. The van der Waals surface area contributed by atoms with Crippen LogP contribution in [0.4, 0.5) is 8.78 Å². The molecule has 1 aromatic heterocycles. The molecular weight excluding hydrogens is 438 g/mol. The van der Waals surface area contributed by atoms with Crippen molar-refractivity contribution in [1.29, 1.82) is 0 Å². The van der Waals surface area contributed by atoms with Crippen LogP contribution in [-0.4, -0.2) is 44.7 Å². The number of aromatic nitrogens is 1. The maximum Gasteiger partial charge on any atom is 0.387 e. The Balaban J connectivity index is 2.01. The molecule has 174 valence electrons. The van der Waals surface area contributed by atoms with E-state index >= 15 is 0 Å². The van der Waals surface area contributed by atoms with Crippen LogP contribution in [-0.2, 0) is 16.0 Å². The number of ether oxygens (including phenoxy) is 1. The molecule has 3 N–H and O–H groups in total. The van der Waals surface area contributed by atoms with Crippen molar-refractivity contribution in [1.82, 2.24) is 9.88 Å². The Hall–Kier alpha value is -3.95. The lowest BCUT2D eigenvalue weighted by atomic mass is 10.0. The van der Waals surface area contributed by atoms with E-state index in [0.717, 1.165) is 0 Å². The number of hydrogen-bond donors (Lipinski definition) is 3. The van der Waals surface area contributed by atoms with Gasteiger partial charge in [-0.25, -0.2) is 4.79 Å². The summed E-state index contributed by atoms with van der Waals surface area (Å²) in [6.07, 6.45) is -0.232. The van der Waals surface area contributed by atoms with Crippen molar-refractivity contribution in [3.8, 4) is 11.5 Å². The van der Waals surface area contributed by atoms with Crippen molar-refractivity contribution in [2.24, 2.45) is 0 Å². The molecular formula is C23H22F2N2O6. The summed E-state index contributed by atoms with van der Waals surface area (Å²) in [5.74, 6) is -2.44. The zero-order valence-corrected chi connectivity index (χ0v) is 18.1. The van der Waals surface area contributed by atoms with Gasteiger partial charge < -0.3 is 20.3 Å². The zero-order valence-electron chi connectivity index (χ0n) is 18.1. The van der Waals surface area contributed by atoms with E-state index in [1.165, 1.54) is 60.9 Å². The van der Waals surface area contributed by atoms with Crippen LogP contribution in [0, 0.1) is 6.92 Å². The molecule has 3 rings (SSSR count). The minimum Gasteiger partial charge on any atom is -0.508 e. The molecule has 0 saturated carbocycles. The second-order valence-corrected chi connectivity index (χ2v) is 7.96. The predicted octanol–water partition coefficient (Wildman–Crippen LogP) is 3.47. The summed E-state index contributed by atoms with van der Waals surface area (Å²) in [4.78, 5) is 37.2. The van der Waals surface area contributed by atoms with Gasteiger partial charge in [0.2, 0.25) is 5.91 Å². The first-order chi connectivity index (χ1) is 15.4.